The van der Waals surface area contributed by atoms with Crippen molar-refractivity contribution in [2.24, 2.45) is 0 Å². The van der Waals surface area contributed by atoms with Crippen LogP contribution >= 0.6 is 0 Å². The molecule has 3 aromatic heterocycles. The number of hydrogen-bond donors (Lipinski definition) is 3. The van der Waals surface area contributed by atoms with Crippen LogP contribution in [0.4, 0.5) is 24.7 Å². The minimum absolute atomic E-state index is 0.0786. The molecule has 2 amide bonds. The first-order valence-electron chi connectivity index (χ1n) is 13.7. The Morgan fingerprint density at radius 2 is 2.09 bits per heavy atom. The van der Waals surface area contributed by atoms with E-state index in [0.29, 0.717) is 30.3 Å². The van der Waals surface area contributed by atoms with Gasteiger partial charge in [-0.1, -0.05) is 6.92 Å². The lowest BCUT2D eigenvalue weighted by molar-refractivity contribution is -0.141. The number of likely N-dealkylation sites (tertiary alicyclic amines) is 1. The number of rotatable bonds is 8. The number of hydrogen-bond acceptors (Lipinski definition) is 8. The number of nitrogens with one attached hydrogen (secondary N) is 3. The Morgan fingerprint density at radius 3 is 2.79 bits per heavy atom. The zero-order valence-corrected chi connectivity index (χ0v) is 23.0. The molecule has 2 aliphatic heterocycles. The van der Waals surface area contributed by atoms with Crippen molar-refractivity contribution in [3.8, 4) is 17.3 Å². The summed E-state index contributed by atoms with van der Waals surface area (Å²) in [7, 11) is 0. The van der Waals surface area contributed by atoms with Gasteiger partial charge in [-0.15, -0.1) is 0 Å². The molecule has 15 heteroatoms. The van der Waals surface area contributed by atoms with E-state index >= 15 is 0 Å². The van der Waals surface area contributed by atoms with Crippen molar-refractivity contribution in [3.63, 3.8) is 0 Å². The number of fused-ring (bicyclic) bond motifs is 3. The van der Waals surface area contributed by atoms with Crippen LogP contribution in [0, 0.1) is 11.3 Å². The summed E-state index contributed by atoms with van der Waals surface area (Å²) in [6.45, 7) is 2.93. The largest absolute Gasteiger partial charge is 0.435 e. The van der Waals surface area contributed by atoms with Gasteiger partial charge in [-0.2, -0.15) is 23.5 Å². The standard InChI is InChI=1S/C28H27F3N10O2/c1-2-16-9-17(3-4-20(16)27(43)36-13-23(42)41-14-18-10-19(41)11-34-18)37-25-26-35-12-22(40(26)8-6-33-25)21-15-39(7-5-32)38-24(21)28(29,30)31/h3-4,6,8-9,12,15,18-19,34H,2,7,10-11,13-14H2,1H3,(H,33,37)(H,36,43). The van der Waals surface area contributed by atoms with Gasteiger partial charge in [-0.05, 0) is 36.6 Å². The van der Waals surface area contributed by atoms with Crippen molar-refractivity contribution in [2.45, 2.75) is 44.6 Å². The van der Waals surface area contributed by atoms with Crippen molar-refractivity contribution < 1.29 is 22.8 Å². The molecule has 0 saturated carbocycles. The summed E-state index contributed by atoms with van der Waals surface area (Å²) in [5.41, 5.74) is 0.817. The highest BCUT2D eigenvalue weighted by molar-refractivity contribution is 5.98. The van der Waals surface area contributed by atoms with Crippen LogP contribution < -0.4 is 16.0 Å². The zero-order valence-electron chi connectivity index (χ0n) is 23.0. The molecule has 0 spiro atoms. The molecule has 2 unspecified atom stereocenters. The van der Waals surface area contributed by atoms with Gasteiger partial charge < -0.3 is 20.9 Å². The van der Waals surface area contributed by atoms with Crippen molar-refractivity contribution in [1.29, 1.82) is 5.26 Å². The van der Waals surface area contributed by atoms with Gasteiger partial charge in [0.15, 0.2) is 17.2 Å². The Balaban J connectivity index is 1.21. The van der Waals surface area contributed by atoms with Crippen molar-refractivity contribution in [2.75, 3.05) is 25.0 Å². The van der Waals surface area contributed by atoms with Crippen LogP contribution in [0.2, 0.25) is 0 Å². The highest BCUT2D eigenvalue weighted by atomic mass is 19.4. The minimum atomic E-state index is -4.74. The third kappa shape index (κ3) is 5.37. The van der Waals surface area contributed by atoms with Crippen LogP contribution in [-0.2, 0) is 23.9 Å². The molecule has 6 rings (SSSR count). The van der Waals surface area contributed by atoms with Crippen molar-refractivity contribution in [3.05, 3.63) is 59.8 Å². The van der Waals surface area contributed by atoms with E-state index in [1.54, 1.807) is 24.3 Å². The summed E-state index contributed by atoms with van der Waals surface area (Å²) in [5, 5.41) is 21.7. The number of carbonyl (C=O) groups is 2. The molecule has 2 bridgehead atoms. The molecule has 2 saturated heterocycles. The predicted octanol–water partition coefficient (Wildman–Crippen LogP) is 2.74. The van der Waals surface area contributed by atoms with Gasteiger partial charge in [-0.3, -0.25) is 18.7 Å². The first-order valence-corrected chi connectivity index (χ1v) is 13.7. The van der Waals surface area contributed by atoms with Crippen LogP contribution in [0.25, 0.3) is 16.9 Å². The van der Waals surface area contributed by atoms with Gasteiger partial charge in [0, 0.05) is 55.0 Å². The fraction of sp³-hybridized carbons (Fsp3) is 0.357. The lowest BCUT2D eigenvalue weighted by Gasteiger charge is -2.27. The first kappa shape index (κ1) is 28.2. The van der Waals surface area contributed by atoms with Crippen LogP contribution in [0.1, 0.15) is 35.0 Å². The van der Waals surface area contributed by atoms with E-state index in [2.05, 4.69) is 31.0 Å². The van der Waals surface area contributed by atoms with Crippen LogP contribution in [-0.4, -0.2) is 72.6 Å². The van der Waals surface area contributed by atoms with E-state index in [0.717, 1.165) is 23.2 Å². The number of nitrogens with zero attached hydrogens (tertiary/aromatic N) is 7. The Morgan fingerprint density at radius 1 is 1.26 bits per heavy atom. The molecule has 12 nitrogen and oxygen atoms in total. The Kier molecular flexibility index (Phi) is 7.22. The average Bonchev–Trinajstić information content (AvgIpc) is 3.79. The summed E-state index contributed by atoms with van der Waals surface area (Å²) in [4.78, 5) is 36.1. The monoisotopic (exact) mass is 592 g/mol. The molecule has 2 fully saturated rings. The maximum atomic E-state index is 13.7. The second-order valence-electron chi connectivity index (χ2n) is 10.4. The Bertz CT molecular complexity index is 1760. The molecular formula is C28H27F3N10O2. The lowest BCUT2D eigenvalue weighted by Crippen LogP contribution is -2.49. The number of nitriles is 1. The molecule has 1 aromatic carbocycles. The van der Waals surface area contributed by atoms with E-state index in [1.165, 1.54) is 29.2 Å². The molecule has 0 aliphatic carbocycles. The maximum Gasteiger partial charge on any atom is 0.435 e. The van der Waals surface area contributed by atoms with E-state index < -0.39 is 11.9 Å². The second kappa shape index (κ2) is 11.0. The van der Waals surface area contributed by atoms with Crippen LogP contribution in [0.15, 0.2) is 43.0 Å². The van der Waals surface area contributed by atoms with E-state index in [9.17, 15) is 22.8 Å². The number of aromatic nitrogens is 5. The fourth-order valence-corrected chi connectivity index (χ4v) is 5.72. The van der Waals surface area contributed by atoms with Gasteiger partial charge in [0.05, 0.1) is 30.1 Å². The lowest BCUT2D eigenvalue weighted by atomic mass is 10.0. The molecule has 0 radical (unpaired) electrons. The van der Waals surface area contributed by atoms with Gasteiger partial charge >= 0.3 is 6.18 Å². The summed E-state index contributed by atoms with van der Waals surface area (Å²) in [6.07, 6.45) is 2.11. The first-order chi connectivity index (χ1) is 20.7. The van der Waals surface area contributed by atoms with E-state index in [4.69, 9.17) is 5.26 Å². The third-order valence-corrected chi connectivity index (χ3v) is 7.74. The normalized spacial score (nSPS) is 17.8. The number of amides is 2. The number of aryl methyl sites for hydroxylation is 1. The topological polar surface area (TPSA) is 145 Å². The third-order valence-electron chi connectivity index (χ3n) is 7.74. The van der Waals surface area contributed by atoms with Gasteiger partial charge in [0.25, 0.3) is 5.91 Å². The second-order valence-corrected chi connectivity index (χ2v) is 10.4. The molecular weight excluding hydrogens is 565 g/mol. The number of halogens is 3. The van der Waals surface area contributed by atoms with Gasteiger partial charge in [-0.25, -0.2) is 9.97 Å². The summed E-state index contributed by atoms with van der Waals surface area (Å²) >= 11 is 0. The number of benzene rings is 1. The van der Waals surface area contributed by atoms with Crippen molar-refractivity contribution in [1.82, 2.24) is 39.7 Å². The Labute approximate surface area is 243 Å². The molecule has 222 valence electrons. The molecule has 2 atom stereocenters. The molecule has 43 heavy (non-hydrogen) atoms. The van der Waals surface area contributed by atoms with Gasteiger partial charge in [0.1, 0.15) is 6.54 Å². The maximum absolute atomic E-state index is 13.7. The molecule has 5 heterocycles. The summed E-state index contributed by atoms with van der Waals surface area (Å²) in [5.74, 6) is -0.169. The van der Waals surface area contributed by atoms with E-state index in [-0.39, 0.29) is 53.7 Å². The number of alkyl halides is 3. The summed E-state index contributed by atoms with van der Waals surface area (Å²) < 4.78 is 43.6. The number of carbonyl (C=O) groups excluding carboxylic acids is 2. The quantitative estimate of drug-likeness (QED) is 0.283. The highest BCUT2D eigenvalue weighted by Gasteiger charge is 2.40. The number of imidazole rings is 1. The fourth-order valence-electron chi connectivity index (χ4n) is 5.72. The SMILES string of the molecule is CCc1cc(Nc2nccn3c(-c4cn(CC#N)nc4C(F)(F)F)cnc23)ccc1C(=O)NCC(=O)N1CC2CC1CN2. The van der Waals surface area contributed by atoms with Crippen LogP contribution in [0.5, 0.6) is 0 Å². The van der Waals surface area contributed by atoms with Crippen molar-refractivity contribution >= 4 is 29.0 Å². The zero-order chi connectivity index (χ0) is 30.3. The number of anilines is 2. The van der Waals surface area contributed by atoms with E-state index in [1.807, 2.05) is 11.8 Å². The predicted molar refractivity (Wildman–Crippen MR) is 148 cm³/mol. The summed E-state index contributed by atoms with van der Waals surface area (Å²) in [6, 6.07) is 7.42. The highest BCUT2D eigenvalue weighted by Crippen LogP contribution is 2.37. The molecule has 4 aromatic rings. The van der Waals surface area contributed by atoms with Crippen LogP contribution in [0.3, 0.4) is 0 Å². The average molecular weight is 593 g/mol. The minimum Gasteiger partial charge on any atom is -0.343 e. The number of piperazine rings is 1. The molecule has 2 aliphatic rings. The smallest absolute Gasteiger partial charge is 0.343 e. The van der Waals surface area contributed by atoms with Gasteiger partial charge in [0.2, 0.25) is 5.91 Å². The molecule has 3 N–H and O–H groups in total. The Hall–Kier alpha value is -4.97.